The van der Waals surface area contributed by atoms with Crippen molar-refractivity contribution >= 4 is 21.8 Å². The smallest absolute Gasteiger partial charge is 0.223 e. The van der Waals surface area contributed by atoms with Crippen LogP contribution in [0.25, 0.3) is 0 Å². The van der Waals surface area contributed by atoms with Gasteiger partial charge in [0.2, 0.25) is 5.91 Å². The first-order chi connectivity index (χ1) is 6.43. The third kappa shape index (κ3) is 2.97. The number of rotatable bonds is 3. The van der Waals surface area contributed by atoms with Crippen molar-refractivity contribution in [3.63, 3.8) is 0 Å². The highest BCUT2D eigenvalue weighted by atomic mass is 79.9. The minimum atomic E-state index is 0.194. The number of hydrogen-bond acceptors (Lipinski definition) is 1. The fourth-order valence-electron chi connectivity index (χ4n) is 2.18. The lowest BCUT2D eigenvalue weighted by Gasteiger charge is -2.26. The van der Waals surface area contributed by atoms with Crippen LogP contribution in [0.5, 0.6) is 0 Å². The van der Waals surface area contributed by atoms with Gasteiger partial charge in [-0.25, -0.2) is 0 Å². The van der Waals surface area contributed by atoms with E-state index < -0.39 is 0 Å². The van der Waals surface area contributed by atoms with Crippen LogP contribution in [0.2, 0.25) is 0 Å². The molecule has 1 saturated carbocycles. The monoisotopic (exact) mass is 261 g/mol. The van der Waals surface area contributed by atoms with Crippen molar-refractivity contribution in [1.82, 2.24) is 5.32 Å². The first-order valence-corrected chi connectivity index (χ1v) is 6.27. The van der Waals surface area contributed by atoms with Gasteiger partial charge in [-0.1, -0.05) is 43.1 Å². The molecule has 0 heterocycles. The molecule has 3 heteroatoms. The van der Waals surface area contributed by atoms with E-state index in [1.54, 1.807) is 0 Å². The van der Waals surface area contributed by atoms with Crippen LogP contribution >= 0.6 is 15.9 Å². The lowest BCUT2D eigenvalue weighted by atomic mass is 9.81. The zero-order valence-electron chi connectivity index (χ0n) is 9.27. The number of alkyl halides is 1. The molecule has 0 saturated heterocycles. The summed E-state index contributed by atoms with van der Waals surface area (Å²) < 4.78 is 0. The highest BCUT2D eigenvalue weighted by molar-refractivity contribution is 9.09. The van der Waals surface area contributed by atoms with Gasteiger partial charge in [0.1, 0.15) is 0 Å². The molecule has 14 heavy (non-hydrogen) atoms. The van der Waals surface area contributed by atoms with Gasteiger partial charge in [-0.15, -0.1) is 0 Å². The van der Waals surface area contributed by atoms with E-state index in [4.69, 9.17) is 0 Å². The Balaban J connectivity index is 2.44. The van der Waals surface area contributed by atoms with Crippen LogP contribution in [0, 0.1) is 11.3 Å². The van der Waals surface area contributed by atoms with Crippen molar-refractivity contribution in [2.75, 3.05) is 6.54 Å². The van der Waals surface area contributed by atoms with Crippen LogP contribution in [0.15, 0.2) is 0 Å². The van der Waals surface area contributed by atoms with Crippen molar-refractivity contribution in [3.8, 4) is 0 Å². The predicted molar refractivity (Wildman–Crippen MR) is 62.5 cm³/mol. The molecule has 1 rings (SSSR count). The van der Waals surface area contributed by atoms with Crippen molar-refractivity contribution < 1.29 is 4.79 Å². The van der Waals surface area contributed by atoms with Crippen LogP contribution in [-0.2, 0) is 4.79 Å². The molecule has 1 amide bonds. The summed E-state index contributed by atoms with van der Waals surface area (Å²) in [6.45, 7) is 7.16. The highest BCUT2D eigenvalue weighted by Gasteiger charge is 2.38. The summed E-state index contributed by atoms with van der Waals surface area (Å²) in [6.07, 6.45) is 3.42. The van der Waals surface area contributed by atoms with Gasteiger partial charge in [-0.05, 0) is 18.3 Å². The van der Waals surface area contributed by atoms with E-state index in [9.17, 15) is 4.79 Å². The molecule has 1 aliphatic carbocycles. The molecule has 1 fully saturated rings. The Kier molecular flexibility index (Phi) is 3.99. The van der Waals surface area contributed by atoms with Gasteiger partial charge in [0, 0.05) is 17.3 Å². The molecule has 1 N–H and O–H groups in total. The Morgan fingerprint density at radius 2 is 2.29 bits per heavy atom. The van der Waals surface area contributed by atoms with E-state index in [-0.39, 0.29) is 17.2 Å². The Morgan fingerprint density at radius 1 is 1.64 bits per heavy atom. The quantitative estimate of drug-likeness (QED) is 0.778. The van der Waals surface area contributed by atoms with Crippen molar-refractivity contribution in [3.05, 3.63) is 0 Å². The summed E-state index contributed by atoms with van der Waals surface area (Å²) in [4.78, 5) is 12.2. The molecule has 0 bridgehead atoms. The summed E-state index contributed by atoms with van der Waals surface area (Å²) in [5, 5.41) is 2.99. The summed E-state index contributed by atoms with van der Waals surface area (Å²) in [5.41, 5.74) is 0.194. The average Bonchev–Trinajstić information content (AvgIpc) is 2.41. The molecule has 82 valence electrons. The van der Waals surface area contributed by atoms with E-state index in [1.165, 1.54) is 12.8 Å². The van der Waals surface area contributed by atoms with Crippen LogP contribution < -0.4 is 5.32 Å². The van der Waals surface area contributed by atoms with Crippen LogP contribution in [0.3, 0.4) is 0 Å². The first kappa shape index (κ1) is 12.0. The highest BCUT2D eigenvalue weighted by Crippen LogP contribution is 2.42. The topological polar surface area (TPSA) is 29.1 Å². The molecule has 0 aromatic rings. The molecule has 2 atom stereocenters. The number of carbonyl (C=O) groups excluding carboxylic acids is 1. The van der Waals surface area contributed by atoms with E-state index in [2.05, 4.69) is 35.1 Å². The maximum absolute atomic E-state index is 11.8. The Bertz CT molecular complexity index is 213. The number of nitrogens with one attached hydrogen (secondary N) is 1. The number of hydrogen-bond donors (Lipinski definition) is 1. The average molecular weight is 262 g/mol. The van der Waals surface area contributed by atoms with E-state index >= 15 is 0 Å². The van der Waals surface area contributed by atoms with Crippen molar-refractivity contribution in [2.45, 2.75) is 44.9 Å². The molecule has 0 spiro atoms. The van der Waals surface area contributed by atoms with Gasteiger partial charge in [0.15, 0.2) is 0 Å². The summed E-state index contributed by atoms with van der Waals surface area (Å²) >= 11 is 3.43. The first-order valence-electron chi connectivity index (χ1n) is 5.35. The third-order valence-corrected chi connectivity index (χ3v) is 3.46. The molecule has 1 aliphatic rings. The van der Waals surface area contributed by atoms with Gasteiger partial charge < -0.3 is 5.32 Å². The van der Waals surface area contributed by atoms with Gasteiger partial charge in [-0.2, -0.15) is 0 Å². The standard InChI is InChI=1S/C11H20BrNO/c1-8(12)7-13-10(14)9-5-4-6-11(9,2)3/h8-9H,4-7H2,1-3H3,(H,13,14). The Morgan fingerprint density at radius 3 is 2.71 bits per heavy atom. The number of carbonyl (C=O) groups is 1. The molecular formula is C11H20BrNO. The van der Waals surface area contributed by atoms with Crippen LogP contribution in [0.1, 0.15) is 40.0 Å². The minimum absolute atomic E-state index is 0.194. The fourth-order valence-corrected chi connectivity index (χ4v) is 2.34. The van der Waals surface area contributed by atoms with Gasteiger partial charge >= 0.3 is 0 Å². The predicted octanol–water partition coefficient (Wildman–Crippen LogP) is 2.71. The second-order valence-electron chi connectivity index (χ2n) is 4.96. The summed E-state index contributed by atoms with van der Waals surface area (Å²) in [6, 6.07) is 0. The normalized spacial score (nSPS) is 27.3. The zero-order chi connectivity index (χ0) is 10.8. The van der Waals surface area contributed by atoms with Gasteiger partial charge in [0.05, 0.1) is 0 Å². The van der Waals surface area contributed by atoms with Crippen LogP contribution in [-0.4, -0.2) is 17.3 Å². The second kappa shape index (κ2) is 4.65. The third-order valence-electron chi connectivity index (χ3n) is 3.13. The summed E-state index contributed by atoms with van der Waals surface area (Å²) in [5.74, 6) is 0.451. The van der Waals surface area contributed by atoms with Crippen molar-refractivity contribution in [1.29, 1.82) is 0 Å². The SMILES string of the molecule is CC(Br)CNC(=O)C1CCCC1(C)C. The van der Waals surface area contributed by atoms with E-state index in [0.717, 1.165) is 13.0 Å². The molecule has 0 radical (unpaired) electrons. The van der Waals surface area contributed by atoms with E-state index in [0.29, 0.717) is 4.83 Å². The van der Waals surface area contributed by atoms with Crippen molar-refractivity contribution in [2.24, 2.45) is 11.3 Å². The number of amides is 1. The molecule has 2 unspecified atom stereocenters. The van der Waals surface area contributed by atoms with Crippen LogP contribution in [0.4, 0.5) is 0 Å². The largest absolute Gasteiger partial charge is 0.355 e. The lowest BCUT2D eigenvalue weighted by Crippen LogP contribution is -2.38. The summed E-state index contributed by atoms with van der Waals surface area (Å²) in [7, 11) is 0. The maximum atomic E-state index is 11.8. The zero-order valence-corrected chi connectivity index (χ0v) is 10.9. The molecule has 0 aromatic carbocycles. The Labute approximate surface area is 95.0 Å². The van der Waals surface area contributed by atoms with E-state index in [1.807, 2.05) is 6.92 Å². The fraction of sp³-hybridized carbons (Fsp3) is 0.909. The molecule has 2 nitrogen and oxygen atoms in total. The Hall–Kier alpha value is -0.0500. The van der Waals surface area contributed by atoms with Gasteiger partial charge in [0.25, 0.3) is 0 Å². The number of halogens is 1. The second-order valence-corrected chi connectivity index (χ2v) is 6.52. The minimum Gasteiger partial charge on any atom is -0.355 e. The van der Waals surface area contributed by atoms with Gasteiger partial charge in [-0.3, -0.25) is 4.79 Å². The maximum Gasteiger partial charge on any atom is 0.223 e. The molecular weight excluding hydrogens is 242 g/mol. The lowest BCUT2D eigenvalue weighted by molar-refractivity contribution is -0.127. The molecule has 0 aromatic heterocycles. The molecule has 0 aliphatic heterocycles.